The van der Waals surface area contributed by atoms with Crippen molar-refractivity contribution >= 4 is 16.6 Å². The molecule has 1 aromatic rings. The number of Topliss-reactive ketones (excluding diaryl/α,β-unsaturated/α-hetero) is 1. The Bertz CT molecular complexity index is 436. The molecule has 0 saturated heterocycles. The van der Waals surface area contributed by atoms with Gasteiger partial charge in [0.2, 0.25) is 0 Å². The molecule has 17 heavy (non-hydrogen) atoms. The SMILES string of the molecule is Cc1ccc(S(=O)C2CC(C)CCC2=O)cc1. The van der Waals surface area contributed by atoms with Crippen molar-refractivity contribution in [1.82, 2.24) is 0 Å². The molecule has 0 amide bonds. The second-order valence-electron chi connectivity index (χ2n) is 4.94. The quantitative estimate of drug-likeness (QED) is 0.809. The van der Waals surface area contributed by atoms with Crippen LogP contribution in [0.5, 0.6) is 0 Å². The first kappa shape index (κ1) is 12.5. The van der Waals surface area contributed by atoms with Gasteiger partial charge in [0, 0.05) is 11.3 Å². The number of carbonyl (C=O) groups is 1. The van der Waals surface area contributed by atoms with Gasteiger partial charge in [-0.2, -0.15) is 0 Å². The Morgan fingerprint density at radius 3 is 2.53 bits per heavy atom. The summed E-state index contributed by atoms with van der Waals surface area (Å²) in [5, 5.41) is -0.290. The zero-order valence-corrected chi connectivity index (χ0v) is 11.1. The van der Waals surface area contributed by atoms with Crippen LogP contribution in [-0.2, 0) is 15.6 Å². The topological polar surface area (TPSA) is 34.1 Å². The van der Waals surface area contributed by atoms with E-state index in [-0.39, 0.29) is 11.0 Å². The highest BCUT2D eigenvalue weighted by Crippen LogP contribution is 2.27. The van der Waals surface area contributed by atoms with Crippen LogP contribution in [-0.4, -0.2) is 15.2 Å². The van der Waals surface area contributed by atoms with Gasteiger partial charge in [0.05, 0.1) is 16.0 Å². The van der Waals surface area contributed by atoms with Crippen LogP contribution in [0.1, 0.15) is 31.7 Å². The summed E-state index contributed by atoms with van der Waals surface area (Å²) in [6.45, 7) is 4.13. The maximum absolute atomic E-state index is 12.4. The van der Waals surface area contributed by atoms with Crippen LogP contribution in [0.3, 0.4) is 0 Å². The molecular formula is C14H18O2S. The van der Waals surface area contributed by atoms with Gasteiger partial charge >= 0.3 is 0 Å². The van der Waals surface area contributed by atoms with Crippen molar-refractivity contribution < 1.29 is 9.00 Å². The van der Waals surface area contributed by atoms with Crippen LogP contribution in [0.15, 0.2) is 29.2 Å². The predicted molar refractivity (Wildman–Crippen MR) is 69.4 cm³/mol. The highest BCUT2D eigenvalue weighted by Gasteiger charge is 2.31. The van der Waals surface area contributed by atoms with Crippen LogP contribution in [0, 0.1) is 12.8 Å². The minimum Gasteiger partial charge on any atom is -0.298 e. The Labute approximate surface area is 105 Å². The van der Waals surface area contributed by atoms with E-state index in [1.807, 2.05) is 31.2 Å². The summed E-state index contributed by atoms with van der Waals surface area (Å²) in [4.78, 5) is 12.6. The molecule has 92 valence electrons. The summed E-state index contributed by atoms with van der Waals surface area (Å²) >= 11 is 0. The highest BCUT2D eigenvalue weighted by molar-refractivity contribution is 7.86. The smallest absolute Gasteiger partial charge is 0.148 e. The maximum Gasteiger partial charge on any atom is 0.148 e. The van der Waals surface area contributed by atoms with Gasteiger partial charge in [-0.25, -0.2) is 0 Å². The van der Waals surface area contributed by atoms with Crippen molar-refractivity contribution in [2.24, 2.45) is 5.92 Å². The highest BCUT2D eigenvalue weighted by atomic mass is 32.2. The molecule has 0 N–H and O–H groups in total. The van der Waals surface area contributed by atoms with E-state index in [2.05, 4.69) is 6.92 Å². The van der Waals surface area contributed by atoms with Gasteiger partial charge in [-0.3, -0.25) is 9.00 Å². The maximum atomic E-state index is 12.4. The summed E-state index contributed by atoms with van der Waals surface area (Å²) < 4.78 is 12.4. The van der Waals surface area contributed by atoms with Gasteiger partial charge in [0.1, 0.15) is 5.78 Å². The molecule has 0 aliphatic heterocycles. The molecule has 3 atom stereocenters. The molecule has 3 unspecified atom stereocenters. The summed E-state index contributed by atoms with van der Waals surface area (Å²) in [6, 6.07) is 7.64. The third kappa shape index (κ3) is 2.83. The first-order valence-electron chi connectivity index (χ1n) is 6.08. The number of aryl methyl sites for hydroxylation is 1. The van der Waals surface area contributed by atoms with E-state index in [9.17, 15) is 9.00 Å². The number of benzene rings is 1. The number of hydrogen-bond donors (Lipinski definition) is 0. The average molecular weight is 250 g/mol. The molecule has 0 heterocycles. The van der Waals surface area contributed by atoms with E-state index in [0.29, 0.717) is 12.3 Å². The fraction of sp³-hybridized carbons (Fsp3) is 0.500. The van der Waals surface area contributed by atoms with E-state index in [4.69, 9.17) is 0 Å². The lowest BCUT2D eigenvalue weighted by Gasteiger charge is -2.24. The average Bonchev–Trinajstić information content (AvgIpc) is 2.32. The fourth-order valence-corrected chi connectivity index (χ4v) is 3.80. The Balaban J connectivity index is 2.18. The third-order valence-electron chi connectivity index (χ3n) is 3.37. The van der Waals surface area contributed by atoms with E-state index in [1.54, 1.807) is 0 Å². The minimum absolute atomic E-state index is 0.169. The first-order chi connectivity index (χ1) is 8.08. The van der Waals surface area contributed by atoms with Gasteiger partial charge in [-0.15, -0.1) is 0 Å². The Kier molecular flexibility index (Phi) is 3.77. The van der Waals surface area contributed by atoms with Crippen molar-refractivity contribution in [3.63, 3.8) is 0 Å². The van der Waals surface area contributed by atoms with Crippen LogP contribution >= 0.6 is 0 Å². The number of ketones is 1. The third-order valence-corrected chi connectivity index (χ3v) is 5.08. The second-order valence-corrected chi connectivity index (χ2v) is 6.58. The van der Waals surface area contributed by atoms with Crippen LogP contribution in [0.2, 0.25) is 0 Å². The van der Waals surface area contributed by atoms with E-state index < -0.39 is 10.8 Å². The molecule has 1 saturated carbocycles. The number of rotatable bonds is 2. The zero-order chi connectivity index (χ0) is 12.4. The molecule has 0 spiro atoms. The van der Waals surface area contributed by atoms with Crippen LogP contribution < -0.4 is 0 Å². The normalized spacial score (nSPS) is 26.8. The van der Waals surface area contributed by atoms with Gasteiger partial charge in [0.25, 0.3) is 0 Å². The van der Waals surface area contributed by atoms with Gasteiger partial charge in [-0.1, -0.05) is 24.6 Å². The van der Waals surface area contributed by atoms with E-state index >= 15 is 0 Å². The largest absolute Gasteiger partial charge is 0.298 e. The predicted octanol–water partition coefficient (Wildman–Crippen LogP) is 2.86. The monoisotopic (exact) mass is 250 g/mol. The van der Waals surface area contributed by atoms with Crippen molar-refractivity contribution in [3.05, 3.63) is 29.8 Å². The lowest BCUT2D eigenvalue weighted by Crippen LogP contribution is -2.32. The molecule has 0 bridgehead atoms. The molecule has 0 aromatic heterocycles. The Morgan fingerprint density at radius 2 is 1.88 bits per heavy atom. The van der Waals surface area contributed by atoms with Crippen LogP contribution in [0.4, 0.5) is 0 Å². The zero-order valence-electron chi connectivity index (χ0n) is 10.3. The van der Waals surface area contributed by atoms with Crippen molar-refractivity contribution in [3.8, 4) is 0 Å². The van der Waals surface area contributed by atoms with Gasteiger partial charge in [0.15, 0.2) is 0 Å². The molecule has 3 heteroatoms. The Hall–Kier alpha value is -0.960. The van der Waals surface area contributed by atoms with Gasteiger partial charge < -0.3 is 0 Å². The van der Waals surface area contributed by atoms with Crippen LogP contribution in [0.25, 0.3) is 0 Å². The molecule has 2 rings (SSSR count). The summed E-state index contributed by atoms with van der Waals surface area (Å²) in [7, 11) is -1.18. The summed E-state index contributed by atoms with van der Waals surface area (Å²) in [6.07, 6.45) is 2.29. The summed E-state index contributed by atoms with van der Waals surface area (Å²) in [5.74, 6) is 0.675. The molecule has 1 fully saturated rings. The van der Waals surface area contributed by atoms with Gasteiger partial charge in [-0.05, 0) is 37.8 Å². The Morgan fingerprint density at radius 1 is 1.24 bits per heavy atom. The second kappa shape index (κ2) is 5.13. The molecule has 1 aliphatic rings. The standard InChI is InChI=1S/C14H18O2S/c1-10-3-6-12(7-4-10)17(16)14-9-11(2)5-8-13(14)15/h3-4,6-7,11,14H,5,8-9H2,1-2H3. The molecule has 1 aromatic carbocycles. The van der Waals surface area contributed by atoms with E-state index in [0.717, 1.165) is 23.3 Å². The first-order valence-corrected chi connectivity index (χ1v) is 7.29. The lowest BCUT2D eigenvalue weighted by molar-refractivity contribution is -0.120. The lowest BCUT2D eigenvalue weighted by atomic mass is 9.90. The van der Waals surface area contributed by atoms with Crippen molar-refractivity contribution in [1.29, 1.82) is 0 Å². The molecular weight excluding hydrogens is 232 g/mol. The van der Waals surface area contributed by atoms with E-state index in [1.165, 1.54) is 0 Å². The van der Waals surface area contributed by atoms with Crippen molar-refractivity contribution in [2.45, 2.75) is 43.3 Å². The molecule has 2 nitrogen and oxygen atoms in total. The molecule has 0 radical (unpaired) electrons. The summed E-state index contributed by atoms with van der Waals surface area (Å²) in [5.41, 5.74) is 1.15. The van der Waals surface area contributed by atoms with Crippen molar-refractivity contribution in [2.75, 3.05) is 0 Å². The molecule has 1 aliphatic carbocycles. The number of hydrogen-bond acceptors (Lipinski definition) is 2. The fourth-order valence-electron chi connectivity index (χ4n) is 2.21. The minimum atomic E-state index is -1.18. The number of carbonyl (C=O) groups excluding carboxylic acids is 1.